The van der Waals surface area contributed by atoms with Crippen LogP contribution in [0.2, 0.25) is 0 Å². The molecular formula is C12H12ClN3O3S. The molecule has 0 fully saturated rings. The zero-order chi connectivity index (χ0) is 13.7. The summed E-state index contributed by atoms with van der Waals surface area (Å²) in [4.78, 5) is 13.8. The van der Waals surface area contributed by atoms with Crippen LogP contribution in [-0.4, -0.2) is 14.4 Å². The van der Waals surface area contributed by atoms with E-state index in [9.17, 15) is 13.2 Å². The number of carbonyl (C=O) groups is 1. The van der Waals surface area contributed by atoms with Crippen molar-refractivity contribution in [3.05, 3.63) is 60.9 Å². The highest BCUT2D eigenvalue weighted by Gasteiger charge is 2.19. The largest absolute Gasteiger partial charge is 1.00 e. The third kappa shape index (κ3) is 4.02. The van der Waals surface area contributed by atoms with Gasteiger partial charge in [-0.3, -0.25) is 0 Å². The lowest BCUT2D eigenvalue weighted by atomic mass is 10.4. The Morgan fingerprint density at radius 2 is 1.50 bits per heavy atom. The number of hydrogen-bond acceptors (Lipinski definition) is 3. The molecular weight excluding hydrogens is 302 g/mol. The number of aromatic nitrogens is 1. The highest BCUT2D eigenvalue weighted by molar-refractivity contribution is 7.89. The molecule has 1 amide bonds. The van der Waals surface area contributed by atoms with Gasteiger partial charge in [0, 0.05) is 0 Å². The summed E-state index contributed by atoms with van der Waals surface area (Å²) < 4.78 is 24.9. The van der Waals surface area contributed by atoms with Crippen LogP contribution >= 0.6 is 0 Å². The average Bonchev–Trinajstić information content (AvgIpc) is 2.47. The molecule has 0 atom stereocenters. The SMILES string of the molecule is O=C(NNS(=O)(=O)c1ccccc1)[n+]1ccccc1.[Cl-]. The van der Waals surface area contributed by atoms with Crippen LogP contribution in [0.3, 0.4) is 0 Å². The number of rotatable bonds is 3. The molecule has 20 heavy (non-hydrogen) atoms. The molecule has 0 radical (unpaired) electrons. The van der Waals surface area contributed by atoms with E-state index in [1.54, 1.807) is 36.4 Å². The van der Waals surface area contributed by atoms with Crippen LogP contribution in [0.15, 0.2) is 65.8 Å². The summed E-state index contributed by atoms with van der Waals surface area (Å²) in [7, 11) is -3.76. The van der Waals surface area contributed by atoms with Crippen LogP contribution in [0.25, 0.3) is 0 Å². The van der Waals surface area contributed by atoms with Gasteiger partial charge in [-0.25, -0.2) is 8.42 Å². The molecule has 8 heteroatoms. The van der Waals surface area contributed by atoms with Gasteiger partial charge < -0.3 is 12.4 Å². The number of nitrogens with one attached hydrogen (secondary N) is 2. The van der Waals surface area contributed by atoms with Gasteiger partial charge in [-0.1, -0.05) is 24.3 Å². The fourth-order valence-electron chi connectivity index (χ4n) is 1.37. The number of pyridine rings is 1. The van der Waals surface area contributed by atoms with Crippen LogP contribution in [-0.2, 0) is 10.0 Å². The van der Waals surface area contributed by atoms with Crippen molar-refractivity contribution in [2.75, 3.05) is 0 Å². The molecule has 1 aromatic carbocycles. The van der Waals surface area contributed by atoms with Crippen molar-refractivity contribution in [2.24, 2.45) is 0 Å². The van der Waals surface area contributed by atoms with E-state index in [0.29, 0.717) is 0 Å². The van der Waals surface area contributed by atoms with Crippen LogP contribution in [0.4, 0.5) is 4.79 Å². The van der Waals surface area contributed by atoms with Crippen molar-refractivity contribution in [1.29, 1.82) is 0 Å². The molecule has 2 rings (SSSR count). The summed E-state index contributed by atoms with van der Waals surface area (Å²) in [6.45, 7) is 0. The average molecular weight is 314 g/mol. The zero-order valence-electron chi connectivity index (χ0n) is 10.2. The van der Waals surface area contributed by atoms with Crippen molar-refractivity contribution in [1.82, 2.24) is 10.3 Å². The van der Waals surface area contributed by atoms with Crippen LogP contribution in [0.1, 0.15) is 0 Å². The Bertz CT molecular complexity index is 663. The standard InChI is InChI=1S/C12H11N3O3S.ClH/c16-12(15-9-5-2-6-10-15)13-14-19(17,18)11-7-3-1-4-8-11;/h1-10,14H;1H. The fraction of sp³-hybridized carbons (Fsp3) is 0. The topological polar surface area (TPSA) is 79.2 Å². The highest BCUT2D eigenvalue weighted by Crippen LogP contribution is 2.05. The smallest absolute Gasteiger partial charge is 0.514 e. The predicted octanol–water partition coefficient (Wildman–Crippen LogP) is -2.57. The fourth-order valence-corrected chi connectivity index (χ4v) is 2.22. The van der Waals surface area contributed by atoms with Crippen molar-refractivity contribution < 1.29 is 30.2 Å². The van der Waals surface area contributed by atoms with Gasteiger partial charge in [-0.15, -0.1) is 5.43 Å². The molecule has 106 valence electrons. The summed E-state index contributed by atoms with van der Waals surface area (Å²) >= 11 is 0. The minimum Gasteiger partial charge on any atom is -1.00 e. The second-order valence-electron chi connectivity index (χ2n) is 3.63. The Morgan fingerprint density at radius 3 is 2.10 bits per heavy atom. The first-order chi connectivity index (χ1) is 9.09. The van der Waals surface area contributed by atoms with Gasteiger partial charge in [0.2, 0.25) is 0 Å². The molecule has 6 nitrogen and oxygen atoms in total. The second-order valence-corrected chi connectivity index (χ2v) is 5.31. The van der Waals surface area contributed by atoms with E-state index < -0.39 is 16.1 Å². The molecule has 2 N–H and O–H groups in total. The summed E-state index contributed by atoms with van der Waals surface area (Å²) in [6.07, 6.45) is 3.01. The summed E-state index contributed by atoms with van der Waals surface area (Å²) in [6, 6.07) is 12.2. The summed E-state index contributed by atoms with van der Waals surface area (Å²) in [5.41, 5.74) is 2.12. The van der Waals surface area contributed by atoms with Gasteiger partial charge >= 0.3 is 6.03 Å². The van der Waals surface area contributed by atoms with Crippen LogP contribution in [0.5, 0.6) is 0 Å². The van der Waals surface area contributed by atoms with Gasteiger partial charge in [-0.05, 0) is 29.1 Å². The lowest BCUT2D eigenvalue weighted by Gasteiger charge is -2.03. The normalized spacial score (nSPS) is 10.4. The molecule has 0 bridgehead atoms. The van der Waals surface area contributed by atoms with E-state index in [1.807, 2.05) is 4.83 Å². The van der Waals surface area contributed by atoms with Gasteiger partial charge in [0.15, 0.2) is 0 Å². The maximum absolute atomic E-state index is 11.8. The molecule has 2 aromatic rings. The number of hydrazine groups is 1. The first-order valence-electron chi connectivity index (χ1n) is 5.43. The lowest BCUT2D eigenvalue weighted by molar-refractivity contribution is -0.572. The Labute approximate surface area is 122 Å². The number of amides is 1. The molecule has 0 saturated carbocycles. The Kier molecular flexibility index (Phi) is 5.63. The Hall–Kier alpha value is -1.96. The van der Waals surface area contributed by atoms with Crippen LogP contribution in [0, 0.1) is 0 Å². The minimum atomic E-state index is -3.76. The molecule has 1 aromatic heterocycles. The van der Waals surface area contributed by atoms with Gasteiger partial charge in [0.05, 0.1) is 17.3 Å². The predicted molar refractivity (Wildman–Crippen MR) is 67.3 cm³/mol. The first-order valence-corrected chi connectivity index (χ1v) is 6.91. The quantitative estimate of drug-likeness (QED) is 0.483. The Balaban J connectivity index is 0.00000200. The molecule has 0 aliphatic rings. The lowest BCUT2D eigenvalue weighted by Crippen LogP contribution is -3.00. The maximum Gasteiger partial charge on any atom is 0.514 e. The molecule has 0 spiro atoms. The minimum absolute atomic E-state index is 0. The molecule has 0 aliphatic carbocycles. The van der Waals surface area contributed by atoms with Gasteiger partial charge in [0.1, 0.15) is 0 Å². The van der Waals surface area contributed by atoms with E-state index in [4.69, 9.17) is 0 Å². The number of sulfonamides is 1. The highest BCUT2D eigenvalue weighted by atomic mass is 35.5. The zero-order valence-corrected chi connectivity index (χ0v) is 11.8. The molecule has 0 saturated heterocycles. The molecule has 0 aliphatic heterocycles. The van der Waals surface area contributed by atoms with Gasteiger partial charge in [-0.2, -0.15) is 9.36 Å². The number of halogens is 1. The van der Waals surface area contributed by atoms with Crippen molar-refractivity contribution in [3.8, 4) is 0 Å². The van der Waals surface area contributed by atoms with Crippen LogP contribution < -0.4 is 27.2 Å². The van der Waals surface area contributed by atoms with Crippen molar-refractivity contribution >= 4 is 16.1 Å². The van der Waals surface area contributed by atoms with E-state index in [2.05, 4.69) is 5.43 Å². The van der Waals surface area contributed by atoms with E-state index in [1.165, 1.54) is 29.1 Å². The third-order valence-corrected chi connectivity index (χ3v) is 3.56. The number of nitrogens with zero attached hydrogens (tertiary/aromatic N) is 1. The molecule has 0 unspecified atom stereocenters. The van der Waals surface area contributed by atoms with E-state index in [0.717, 1.165) is 0 Å². The number of benzene rings is 1. The summed E-state index contributed by atoms with van der Waals surface area (Å²) in [5.74, 6) is 0. The number of hydrogen-bond donors (Lipinski definition) is 2. The molecule has 1 heterocycles. The van der Waals surface area contributed by atoms with Crippen molar-refractivity contribution in [3.63, 3.8) is 0 Å². The first kappa shape index (κ1) is 16.1. The third-order valence-electron chi connectivity index (χ3n) is 2.30. The Morgan fingerprint density at radius 1 is 0.950 bits per heavy atom. The maximum atomic E-state index is 11.8. The van der Waals surface area contributed by atoms with Crippen molar-refractivity contribution in [2.45, 2.75) is 4.90 Å². The summed E-state index contributed by atoms with van der Waals surface area (Å²) in [5, 5.41) is 0. The van der Waals surface area contributed by atoms with E-state index in [-0.39, 0.29) is 17.3 Å². The number of carbonyl (C=O) groups excluding carboxylic acids is 1. The second kappa shape index (κ2) is 6.99. The van der Waals surface area contributed by atoms with Gasteiger partial charge in [0.25, 0.3) is 10.0 Å². The monoisotopic (exact) mass is 313 g/mol. The van der Waals surface area contributed by atoms with E-state index >= 15 is 0 Å².